The normalized spacial score (nSPS) is 10.9. The molecule has 0 fully saturated rings. The highest BCUT2D eigenvalue weighted by Gasteiger charge is 2.15. The van der Waals surface area contributed by atoms with Gasteiger partial charge in [-0.15, -0.1) is 0 Å². The molecule has 0 radical (unpaired) electrons. The van der Waals surface area contributed by atoms with Gasteiger partial charge in [-0.2, -0.15) is 0 Å². The standard InChI is InChI=1S/C26H22Cl2O2/c1-29-25-16-20(14-18-5-10-22(28)11-6-18)26(30-2)23-12-7-19(15-24(23)25)13-17-3-8-21(27)9-4-17/h3-12,15-16H,13-14H2,1-2H3. The van der Waals surface area contributed by atoms with E-state index in [2.05, 4.69) is 36.4 Å². The summed E-state index contributed by atoms with van der Waals surface area (Å²) >= 11 is 12.0. The second-order valence-electron chi connectivity index (χ2n) is 7.26. The second-order valence-corrected chi connectivity index (χ2v) is 8.13. The molecule has 4 heteroatoms. The van der Waals surface area contributed by atoms with Gasteiger partial charge in [0.15, 0.2) is 0 Å². The Labute approximate surface area is 187 Å². The average molecular weight is 437 g/mol. The summed E-state index contributed by atoms with van der Waals surface area (Å²) in [4.78, 5) is 0. The van der Waals surface area contributed by atoms with Crippen molar-refractivity contribution in [3.8, 4) is 11.5 Å². The van der Waals surface area contributed by atoms with Crippen LogP contribution < -0.4 is 9.47 Å². The third-order valence-corrected chi connectivity index (χ3v) is 5.75. The van der Waals surface area contributed by atoms with Gasteiger partial charge < -0.3 is 9.47 Å². The molecule has 0 atom stereocenters. The third-order valence-electron chi connectivity index (χ3n) is 5.24. The molecular weight excluding hydrogens is 415 g/mol. The highest BCUT2D eigenvalue weighted by Crippen LogP contribution is 2.38. The predicted octanol–water partition coefficient (Wildman–Crippen LogP) is 7.35. The van der Waals surface area contributed by atoms with E-state index < -0.39 is 0 Å². The molecule has 0 saturated heterocycles. The van der Waals surface area contributed by atoms with E-state index in [-0.39, 0.29) is 0 Å². The minimum absolute atomic E-state index is 0.732. The molecule has 0 heterocycles. The van der Waals surface area contributed by atoms with Crippen LogP contribution in [0.5, 0.6) is 11.5 Å². The maximum absolute atomic E-state index is 6.03. The first-order chi connectivity index (χ1) is 14.6. The summed E-state index contributed by atoms with van der Waals surface area (Å²) in [5.41, 5.74) is 4.66. The lowest BCUT2D eigenvalue weighted by atomic mass is 9.96. The summed E-state index contributed by atoms with van der Waals surface area (Å²) < 4.78 is 11.6. The van der Waals surface area contributed by atoms with E-state index in [9.17, 15) is 0 Å². The van der Waals surface area contributed by atoms with Crippen molar-refractivity contribution in [3.05, 3.63) is 105 Å². The molecular formula is C26H22Cl2O2. The molecule has 0 amide bonds. The van der Waals surface area contributed by atoms with Crippen molar-refractivity contribution in [2.24, 2.45) is 0 Å². The summed E-state index contributed by atoms with van der Waals surface area (Å²) in [5.74, 6) is 1.71. The van der Waals surface area contributed by atoms with Gasteiger partial charge in [0.25, 0.3) is 0 Å². The van der Waals surface area contributed by atoms with Crippen molar-refractivity contribution >= 4 is 34.0 Å². The Bertz CT molecular complexity index is 1170. The lowest BCUT2D eigenvalue weighted by Gasteiger charge is -2.16. The predicted molar refractivity (Wildman–Crippen MR) is 126 cm³/mol. The summed E-state index contributed by atoms with van der Waals surface area (Å²) in [6, 6.07) is 24.3. The highest BCUT2D eigenvalue weighted by molar-refractivity contribution is 6.30. The Balaban J connectivity index is 1.74. The van der Waals surface area contributed by atoms with Gasteiger partial charge in [-0.05, 0) is 59.5 Å². The zero-order chi connectivity index (χ0) is 21.1. The van der Waals surface area contributed by atoms with Gasteiger partial charge in [0.05, 0.1) is 14.2 Å². The van der Waals surface area contributed by atoms with Crippen LogP contribution in [0.3, 0.4) is 0 Å². The third kappa shape index (κ3) is 4.40. The lowest BCUT2D eigenvalue weighted by molar-refractivity contribution is 0.407. The van der Waals surface area contributed by atoms with Crippen LogP contribution in [0, 0.1) is 0 Å². The molecule has 0 bridgehead atoms. The minimum atomic E-state index is 0.732. The Morgan fingerprint density at radius 3 is 1.73 bits per heavy atom. The zero-order valence-corrected chi connectivity index (χ0v) is 18.4. The number of fused-ring (bicyclic) bond motifs is 1. The summed E-state index contributed by atoms with van der Waals surface area (Å²) in [5, 5.41) is 3.56. The Kier molecular flexibility index (Phi) is 6.17. The molecule has 0 spiro atoms. The molecule has 0 aromatic heterocycles. The van der Waals surface area contributed by atoms with Gasteiger partial charge in [0.1, 0.15) is 11.5 Å². The number of hydrogen-bond donors (Lipinski definition) is 0. The van der Waals surface area contributed by atoms with Crippen LogP contribution in [0.15, 0.2) is 72.8 Å². The number of benzene rings is 4. The second kappa shape index (κ2) is 8.99. The largest absolute Gasteiger partial charge is 0.496 e. The molecule has 4 aromatic carbocycles. The van der Waals surface area contributed by atoms with Crippen LogP contribution in [-0.2, 0) is 12.8 Å². The number of ether oxygens (including phenoxy) is 2. The first-order valence-electron chi connectivity index (χ1n) is 9.73. The zero-order valence-electron chi connectivity index (χ0n) is 16.9. The molecule has 0 aliphatic heterocycles. The monoisotopic (exact) mass is 436 g/mol. The van der Waals surface area contributed by atoms with Crippen molar-refractivity contribution in [1.82, 2.24) is 0 Å². The van der Waals surface area contributed by atoms with E-state index >= 15 is 0 Å². The fourth-order valence-corrected chi connectivity index (χ4v) is 4.03. The Hall–Kier alpha value is -2.68. The van der Waals surface area contributed by atoms with Crippen molar-refractivity contribution in [1.29, 1.82) is 0 Å². The van der Waals surface area contributed by atoms with E-state index in [1.54, 1.807) is 14.2 Å². The first kappa shape index (κ1) is 20.6. The van der Waals surface area contributed by atoms with Crippen LogP contribution in [0.25, 0.3) is 10.8 Å². The molecule has 0 aliphatic rings. The molecule has 0 unspecified atom stereocenters. The Morgan fingerprint density at radius 1 is 0.600 bits per heavy atom. The molecule has 4 rings (SSSR count). The molecule has 0 aliphatic carbocycles. The maximum atomic E-state index is 6.03. The van der Waals surface area contributed by atoms with E-state index in [0.29, 0.717) is 0 Å². The summed E-state index contributed by atoms with van der Waals surface area (Å²) in [6.07, 6.45) is 1.56. The van der Waals surface area contributed by atoms with Gasteiger partial charge in [-0.3, -0.25) is 0 Å². The number of rotatable bonds is 6. The molecule has 152 valence electrons. The number of methoxy groups -OCH3 is 2. The molecule has 0 N–H and O–H groups in total. The van der Waals surface area contributed by atoms with Gasteiger partial charge in [-0.25, -0.2) is 0 Å². The average Bonchev–Trinajstić information content (AvgIpc) is 2.76. The van der Waals surface area contributed by atoms with Crippen molar-refractivity contribution < 1.29 is 9.47 Å². The number of hydrogen-bond acceptors (Lipinski definition) is 2. The molecule has 0 saturated carbocycles. The van der Waals surface area contributed by atoms with E-state index in [0.717, 1.165) is 50.7 Å². The van der Waals surface area contributed by atoms with Crippen LogP contribution in [0.1, 0.15) is 22.3 Å². The molecule has 2 nitrogen and oxygen atoms in total. The van der Waals surface area contributed by atoms with Crippen LogP contribution >= 0.6 is 23.2 Å². The van der Waals surface area contributed by atoms with Crippen LogP contribution in [0.4, 0.5) is 0 Å². The van der Waals surface area contributed by atoms with Gasteiger partial charge in [-0.1, -0.05) is 59.6 Å². The molecule has 4 aromatic rings. The van der Waals surface area contributed by atoms with Crippen LogP contribution in [0.2, 0.25) is 10.0 Å². The van der Waals surface area contributed by atoms with E-state index in [4.69, 9.17) is 32.7 Å². The van der Waals surface area contributed by atoms with Crippen LogP contribution in [-0.4, -0.2) is 14.2 Å². The topological polar surface area (TPSA) is 18.5 Å². The van der Waals surface area contributed by atoms with Gasteiger partial charge >= 0.3 is 0 Å². The quantitative estimate of drug-likeness (QED) is 0.314. The fraction of sp³-hybridized carbons (Fsp3) is 0.154. The minimum Gasteiger partial charge on any atom is -0.496 e. The fourth-order valence-electron chi connectivity index (χ4n) is 3.78. The van der Waals surface area contributed by atoms with Gasteiger partial charge in [0.2, 0.25) is 0 Å². The lowest BCUT2D eigenvalue weighted by Crippen LogP contribution is -1.98. The summed E-state index contributed by atoms with van der Waals surface area (Å²) in [7, 11) is 3.42. The summed E-state index contributed by atoms with van der Waals surface area (Å²) in [6.45, 7) is 0. The Morgan fingerprint density at radius 2 is 1.17 bits per heavy atom. The SMILES string of the molecule is COc1cc(Cc2ccc(Cl)cc2)c(OC)c2ccc(Cc3ccc(Cl)cc3)cc12. The first-order valence-corrected chi connectivity index (χ1v) is 10.5. The van der Waals surface area contributed by atoms with E-state index in [1.807, 2.05) is 36.4 Å². The van der Waals surface area contributed by atoms with Crippen molar-refractivity contribution in [2.45, 2.75) is 12.8 Å². The smallest absolute Gasteiger partial charge is 0.130 e. The van der Waals surface area contributed by atoms with Crippen molar-refractivity contribution in [2.75, 3.05) is 14.2 Å². The highest BCUT2D eigenvalue weighted by atomic mass is 35.5. The van der Waals surface area contributed by atoms with Gasteiger partial charge in [0, 0.05) is 32.8 Å². The maximum Gasteiger partial charge on any atom is 0.130 e. The molecule has 30 heavy (non-hydrogen) atoms. The number of halogens is 2. The van der Waals surface area contributed by atoms with Crippen molar-refractivity contribution in [3.63, 3.8) is 0 Å². The van der Waals surface area contributed by atoms with E-state index in [1.165, 1.54) is 16.7 Å².